The average molecular weight is 410 g/mol. The van der Waals surface area contributed by atoms with Gasteiger partial charge in [0.2, 0.25) is 0 Å². The van der Waals surface area contributed by atoms with Crippen molar-refractivity contribution in [3.8, 4) is 0 Å². The van der Waals surface area contributed by atoms with Crippen LogP contribution in [0, 0.1) is 5.92 Å². The Balaban J connectivity index is 1.41. The van der Waals surface area contributed by atoms with Crippen LogP contribution >= 0.6 is 0 Å². The fourth-order valence-electron chi connectivity index (χ4n) is 5.79. The van der Waals surface area contributed by atoms with E-state index in [4.69, 9.17) is 0 Å². The number of imidazole rings is 1. The van der Waals surface area contributed by atoms with Crippen molar-refractivity contribution in [2.75, 3.05) is 11.9 Å². The topological polar surface area (TPSA) is 29.3 Å². The van der Waals surface area contributed by atoms with E-state index in [-0.39, 0.29) is 0 Å². The first kappa shape index (κ1) is 21.7. The van der Waals surface area contributed by atoms with Crippen LogP contribution < -0.4 is 5.32 Å². The van der Waals surface area contributed by atoms with Crippen LogP contribution in [0.5, 0.6) is 0 Å². The molecule has 2 aromatic rings. The summed E-state index contributed by atoms with van der Waals surface area (Å²) in [7, 11) is 0. The molecule has 3 nitrogen and oxygen atoms in total. The Bertz CT molecular complexity index is 730. The lowest BCUT2D eigenvalue weighted by molar-refractivity contribution is 0.409. The van der Waals surface area contributed by atoms with Crippen molar-refractivity contribution >= 4 is 11.3 Å². The van der Waals surface area contributed by atoms with Crippen LogP contribution in [0.4, 0.5) is 5.69 Å². The van der Waals surface area contributed by atoms with Crippen molar-refractivity contribution in [2.24, 2.45) is 5.92 Å². The molecule has 0 atom stereocenters. The van der Waals surface area contributed by atoms with E-state index in [1.165, 1.54) is 120 Å². The summed E-state index contributed by atoms with van der Waals surface area (Å²) in [5.41, 5.74) is 3.86. The van der Waals surface area contributed by atoms with Gasteiger partial charge in [-0.05, 0) is 42.7 Å². The number of rotatable bonds is 5. The standard InChI is InChI=1S/C27H43N3/c1-2-6-10-14-23(13-9-5-1)17-18-28-26-21-25(22-30-20-19-29-27(26)30)24-15-11-7-3-4-8-12-16-24/h19-24,28H,1-18H2. The van der Waals surface area contributed by atoms with E-state index in [1.54, 1.807) is 0 Å². The second kappa shape index (κ2) is 11.8. The van der Waals surface area contributed by atoms with Gasteiger partial charge in [0.15, 0.2) is 5.65 Å². The lowest BCUT2D eigenvalue weighted by Gasteiger charge is -2.20. The molecular weight excluding hydrogens is 366 g/mol. The van der Waals surface area contributed by atoms with Crippen LogP contribution in [0.3, 0.4) is 0 Å². The predicted octanol–water partition coefficient (Wildman–Crippen LogP) is 8.10. The molecule has 0 radical (unpaired) electrons. The lowest BCUT2D eigenvalue weighted by Crippen LogP contribution is -2.11. The molecule has 2 aromatic heterocycles. The first-order chi connectivity index (χ1) is 14.9. The molecule has 2 aliphatic carbocycles. The summed E-state index contributed by atoms with van der Waals surface area (Å²) in [5, 5.41) is 3.81. The van der Waals surface area contributed by atoms with Crippen LogP contribution in [0.1, 0.15) is 121 Å². The molecule has 166 valence electrons. The molecule has 0 spiro atoms. The van der Waals surface area contributed by atoms with Crippen molar-refractivity contribution in [3.05, 3.63) is 30.2 Å². The molecule has 0 aromatic carbocycles. The van der Waals surface area contributed by atoms with Crippen molar-refractivity contribution < 1.29 is 0 Å². The normalized spacial score (nSPS) is 21.2. The van der Waals surface area contributed by atoms with E-state index in [0.717, 1.165) is 18.1 Å². The number of anilines is 1. The summed E-state index contributed by atoms with van der Waals surface area (Å²) in [6.45, 7) is 1.08. The number of hydrogen-bond donors (Lipinski definition) is 1. The third kappa shape index (κ3) is 6.25. The lowest BCUT2D eigenvalue weighted by atomic mass is 9.90. The maximum atomic E-state index is 4.66. The average Bonchev–Trinajstić information content (AvgIpc) is 3.30. The van der Waals surface area contributed by atoms with Gasteiger partial charge in [0.05, 0.1) is 5.69 Å². The minimum absolute atomic E-state index is 0.713. The fourth-order valence-corrected chi connectivity index (χ4v) is 5.79. The Morgan fingerprint density at radius 1 is 0.800 bits per heavy atom. The number of hydrogen-bond acceptors (Lipinski definition) is 2. The molecule has 3 heteroatoms. The summed E-state index contributed by atoms with van der Waals surface area (Å²) in [4.78, 5) is 4.66. The van der Waals surface area contributed by atoms with Gasteiger partial charge in [-0.15, -0.1) is 0 Å². The SMILES string of the molecule is c1cn2cc(C3CCCCCCCC3)cc(NCCC3CCCCCCCC3)c2n1. The maximum absolute atomic E-state index is 4.66. The highest BCUT2D eigenvalue weighted by Gasteiger charge is 2.16. The Morgan fingerprint density at radius 2 is 1.40 bits per heavy atom. The summed E-state index contributed by atoms with van der Waals surface area (Å²) in [5.74, 6) is 1.62. The van der Waals surface area contributed by atoms with Crippen LogP contribution in [-0.2, 0) is 0 Å². The van der Waals surface area contributed by atoms with Gasteiger partial charge < -0.3 is 9.72 Å². The maximum Gasteiger partial charge on any atom is 0.160 e. The number of nitrogens with one attached hydrogen (secondary N) is 1. The minimum atomic E-state index is 0.713. The molecule has 2 saturated carbocycles. The molecule has 0 amide bonds. The van der Waals surface area contributed by atoms with Gasteiger partial charge in [-0.2, -0.15) is 0 Å². The molecule has 0 unspecified atom stereocenters. The molecule has 30 heavy (non-hydrogen) atoms. The van der Waals surface area contributed by atoms with E-state index >= 15 is 0 Å². The van der Waals surface area contributed by atoms with Crippen molar-refractivity contribution in [1.29, 1.82) is 0 Å². The van der Waals surface area contributed by atoms with E-state index in [1.807, 2.05) is 6.20 Å². The van der Waals surface area contributed by atoms with Crippen LogP contribution in [0.25, 0.3) is 5.65 Å². The summed E-state index contributed by atoms with van der Waals surface area (Å²) >= 11 is 0. The van der Waals surface area contributed by atoms with Gasteiger partial charge in [-0.25, -0.2) is 4.98 Å². The second-order valence-corrected chi connectivity index (χ2v) is 10.0. The number of aromatic nitrogens is 2. The highest BCUT2D eigenvalue weighted by Crippen LogP contribution is 2.33. The smallest absolute Gasteiger partial charge is 0.160 e. The Morgan fingerprint density at radius 3 is 2.07 bits per heavy atom. The molecule has 2 fully saturated rings. The predicted molar refractivity (Wildman–Crippen MR) is 128 cm³/mol. The zero-order valence-electron chi connectivity index (χ0n) is 19.1. The highest BCUT2D eigenvalue weighted by molar-refractivity contribution is 5.68. The van der Waals surface area contributed by atoms with Crippen molar-refractivity contribution in [2.45, 2.75) is 115 Å². The molecule has 0 aliphatic heterocycles. The van der Waals surface area contributed by atoms with Gasteiger partial charge in [-0.1, -0.05) is 89.9 Å². The highest BCUT2D eigenvalue weighted by atomic mass is 15.0. The Hall–Kier alpha value is -1.51. The Labute approximate surface area is 184 Å². The van der Waals surface area contributed by atoms with E-state index < -0.39 is 0 Å². The van der Waals surface area contributed by atoms with E-state index in [0.29, 0.717) is 5.92 Å². The van der Waals surface area contributed by atoms with Gasteiger partial charge >= 0.3 is 0 Å². The largest absolute Gasteiger partial charge is 0.382 e. The first-order valence-corrected chi connectivity index (χ1v) is 13.1. The number of nitrogens with zero attached hydrogens (tertiary/aromatic N) is 2. The van der Waals surface area contributed by atoms with E-state index in [2.05, 4.69) is 33.2 Å². The molecule has 0 saturated heterocycles. The van der Waals surface area contributed by atoms with E-state index in [9.17, 15) is 0 Å². The second-order valence-electron chi connectivity index (χ2n) is 10.0. The minimum Gasteiger partial charge on any atom is -0.382 e. The zero-order valence-corrected chi connectivity index (χ0v) is 19.1. The molecule has 4 rings (SSSR count). The van der Waals surface area contributed by atoms with Gasteiger partial charge in [0.25, 0.3) is 0 Å². The molecule has 1 N–H and O–H groups in total. The van der Waals surface area contributed by atoms with Crippen LogP contribution in [0.15, 0.2) is 24.7 Å². The number of fused-ring (bicyclic) bond motifs is 1. The fraction of sp³-hybridized carbons (Fsp3) is 0.741. The summed E-state index contributed by atoms with van der Waals surface area (Å²) in [6, 6.07) is 2.44. The third-order valence-electron chi connectivity index (χ3n) is 7.68. The van der Waals surface area contributed by atoms with Crippen molar-refractivity contribution in [3.63, 3.8) is 0 Å². The molecule has 0 bridgehead atoms. The third-order valence-corrected chi connectivity index (χ3v) is 7.68. The van der Waals surface area contributed by atoms with Crippen molar-refractivity contribution in [1.82, 2.24) is 9.38 Å². The quantitative estimate of drug-likeness (QED) is 0.540. The first-order valence-electron chi connectivity index (χ1n) is 13.1. The molecular formula is C27H43N3. The molecule has 2 aliphatic rings. The van der Waals surface area contributed by atoms with Crippen LogP contribution in [-0.4, -0.2) is 15.9 Å². The Kier molecular flexibility index (Phi) is 8.52. The number of pyridine rings is 1. The van der Waals surface area contributed by atoms with Gasteiger partial charge in [0.1, 0.15) is 0 Å². The van der Waals surface area contributed by atoms with Crippen LogP contribution in [0.2, 0.25) is 0 Å². The monoisotopic (exact) mass is 409 g/mol. The summed E-state index contributed by atoms with van der Waals surface area (Å²) in [6.07, 6.45) is 30.4. The zero-order chi connectivity index (χ0) is 20.4. The summed E-state index contributed by atoms with van der Waals surface area (Å²) < 4.78 is 2.25. The molecule has 2 heterocycles. The van der Waals surface area contributed by atoms with Gasteiger partial charge in [0, 0.05) is 25.1 Å². The van der Waals surface area contributed by atoms with Gasteiger partial charge in [-0.3, -0.25) is 0 Å².